The Morgan fingerprint density at radius 3 is 2.31 bits per heavy atom. The molecule has 5 heteroatoms. The summed E-state index contributed by atoms with van der Waals surface area (Å²) in [4.78, 5) is 12.9. The summed E-state index contributed by atoms with van der Waals surface area (Å²) in [6.45, 7) is 1.88. The van der Waals surface area contributed by atoms with Crippen LogP contribution in [0.5, 0.6) is 0 Å². The molecule has 2 aromatic carbocycles. The molecule has 4 aromatic rings. The molecule has 0 N–H and O–H groups in total. The summed E-state index contributed by atoms with van der Waals surface area (Å²) in [5, 5.41) is 4.30. The van der Waals surface area contributed by atoms with Gasteiger partial charge in [0.25, 0.3) is 0 Å². The Bertz CT molecular complexity index is 1160. The Morgan fingerprint density at radius 1 is 0.844 bits per heavy atom. The summed E-state index contributed by atoms with van der Waals surface area (Å²) in [5.74, 6) is 0.762. The van der Waals surface area contributed by atoms with E-state index >= 15 is 0 Å². The van der Waals surface area contributed by atoms with Gasteiger partial charge in [-0.2, -0.15) is 42.1 Å². The summed E-state index contributed by atoms with van der Waals surface area (Å²) >= 11 is 0. The van der Waals surface area contributed by atoms with E-state index in [1.54, 1.807) is 6.20 Å². The average molecular weight is 594 g/mol. The molecular weight excluding hydrogens is 573 g/mol. The Balaban J connectivity index is 0.000000193. The first kappa shape index (κ1) is 23.3. The van der Waals surface area contributed by atoms with Crippen molar-refractivity contribution in [3.8, 4) is 22.5 Å². The molecule has 0 saturated heterocycles. The van der Waals surface area contributed by atoms with Gasteiger partial charge in [-0.15, -0.1) is 35.9 Å². The third kappa shape index (κ3) is 6.30. The minimum absolute atomic E-state index is 0. The topological polar surface area (TPSA) is 52.8 Å². The molecule has 4 nitrogen and oxygen atoms in total. The first-order valence-electron chi connectivity index (χ1n) is 10.0. The van der Waals surface area contributed by atoms with Gasteiger partial charge in [0.15, 0.2) is 0 Å². The maximum atomic E-state index is 4.46. The van der Waals surface area contributed by atoms with Gasteiger partial charge in [0.05, 0.1) is 5.69 Å². The third-order valence-corrected chi connectivity index (χ3v) is 4.61. The molecule has 1 unspecified atom stereocenters. The van der Waals surface area contributed by atoms with E-state index in [1.807, 2.05) is 98.2 Å². The second kappa shape index (κ2) is 11.8. The number of allylic oxidation sites excluding steroid dienone is 2. The molecule has 0 fully saturated rings. The average Bonchev–Trinajstić information content (AvgIpc) is 2.86. The van der Waals surface area contributed by atoms with Gasteiger partial charge in [-0.1, -0.05) is 36.4 Å². The number of pyridine rings is 1. The molecule has 0 amide bonds. The van der Waals surface area contributed by atoms with E-state index in [-0.39, 0.29) is 26.1 Å². The van der Waals surface area contributed by atoms with Crippen LogP contribution in [0.4, 0.5) is 0 Å². The number of hydrogen-bond donors (Lipinski definition) is 0. The zero-order chi connectivity index (χ0) is 21.3. The smallest absolute Gasteiger partial charge is 0.683 e. The molecule has 0 radical (unpaired) electrons. The molecule has 32 heavy (non-hydrogen) atoms. The fourth-order valence-corrected chi connectivity index (χ4v) is 3.06. The van der Waals surface area contributed by atoms with Crippen molar-refractivity contribution >= 4 is 0 Å². The molecule has 0 spiro atoms. The van der Waals surface area contributed by atoms with Crippen LogP contribution >= 0.6 is 0 Å². The maximum absolute atomic E-state index is 4.46. The quantitative estimate of drug-likeness (QED) is 0.262. The summed E-state index contributed by atoms with van der Waals surface area (Å²) in [5.41, 5.74) is 4.91. The first-order chi connectivity index (χ1) is 15.3. The van der Waals surface area contributed by atoms with E-state index in [2.05, 4.69) is 38.5 Å². The summed E-state index contributed by atoms with van der Waals surface area (Å²) in [6.07, 6.45) is 11.4. The fourth-order valence-electron chi connectivity index (χ4n) is 3.06. The SMILES string of the molecule is Cc1nccc(-c2ccc(-c3[c-]cccc3)nc2)n1.[Ir+3].[c-]1ccccc1C1C=CC=C[N-]1. The number of hydrogen-bond acceptors (Lipinski definition) is 3. The number of benzene rings is 2. The van der Waals surface area contributed by atoms with E-state index in [1.165, 1.54) is 0 Å². The second-order valence-corrected chi connectivity index (χ2v) is 6.84. The van der Waals surface area contributed by atoms with E-state index < -0.39 is 0 Å². The van der Waals surface area contributed by atoms with Crippen LogP contribution in [0.3, 0.4) is 0 Å². The van der Waals surface area contributed by atoms with Gasteiger partial charge in [-0.05, 0) is 18.7 Å². The van der Waals surface area contributed by atoms with Gasteiger partial charge in [0.2, 0.25) is 0 Å². The summed E-state index contributed by atoms with van der Waals surface area (Å²) < 4.78 is 0. The van der Waals surface area contributed by atoms with Crippen LogP contribution in [0.15, 0.2) is 104 Å². The zero-order valence-electron chi connectivity index (χ0n) is 17.5. The molecule has 158 valence electrons. The Morgan fingerprint density at radius 2 is 1.69 bits per heavy atom. The third-order valence-electron chi connectivity index (χ3n) is 4.61. The van der Waals surface area contributed by atoms with E-state index in [4.69, 9.17) is 0 Å². The van der Waals surface area contributed by atoms with Crippen molar-refractivity contribution in [2.45, 2.75) is 13.0 Å². The zero-order valence-corrected chi connectivity index (χ0v) is 19.9. The summed E-state index contributed by atoms with van der Waals surface area (Å²) in [7, 11) is 0. The Hall–Kier alpha value is -3.40. The van der Waals surface area contributed by atoms with E-state index in [0.29, 0.717) is 0 Å². The normalized spacial score (nSPS) is 13.8. The van der Waals surface area contributed by atoms with Crippen LogP contribution < -0.4 is 0 Å². The van der Waals surface area contributed by atoms with Crippen LogP contribution in [0.2, 0.25) is 0 Å². The minimum atomic E-state index is 0. The minimum Gasteiger partial charge on any atom is -0.683 e. The molecule has 0 saturated carbocycles. The van der Waals surface area contributed by atoms with Crippen molar-refractivity contribution in [1.82, 2.24) is 15.0 Å². The maximum Gasteiger partial charge on any atom is 3.00 e. The van der Waals surface area contributed by atoms with E-state index in [9.17, 15) is 0 Å². The van der Waals surface area contributed by atoms with Gasteiger partial charge >= 0.3 is 20.1 Å². The molecule has 1 aliphatic heterocycles. The molecule has 0 bridgehead atoms. The number of nitrogens with zero attached hydrogens (tertiary/aromatic N) is 4. The predicted molar refractivity (Wildman–Crippen MR) is 124 cm³/mol. The molecule has 1 atom stereocenters. The Kier molecular flexibility index (Phi) is 8.61. The molecule has 2 aromatic heterocycles. The van der Waals surface area contributed by atoms with Gasteiger partial charge in [-0.25, -0.2) is 9.97 Å². The largest absolute Gasteiger partial charge is 3.00 e. The van der Waals surface area contributed by atoms with Crippen molar-refractivity contribution in [2.24, 2.45) is 0 Å². The number of aryl methyl sites for hydroxylation is 1. The molecular formula is C27H21IrN4. The number of rotatable bonds is 3. The van der Waals surface area contributed by atoms with Crippen LogP contribution in [-0.4, -0.2) is 15.0 Å². The van der Waals surface area contributed by atoms with Crippen molar-refractivity contribution < 1.29 is 20.1 Å². The second-order valence-electron chi connectivity index (χ2n) is 6.84. The Labute approximate surface area is 202 Å². The molecule has 5 rings (SSSR count). The monoisotopic (exact) mass is 594 g/mol. The summed E-state index contributed by atoms with van der Waals surface area (Å²) in [6, 6.07) is 28.1. The predicted octanol–water partition coefficient (Wildman–Crippen LogP) is 6.30. The van der Waals surface area contributed by atoms with Crippen molar-refractivity contribution in [1.29, 1.82) is 0 Å². The molecule has 3 heterocycles. The van der Waals surface area contributed by atoms with Crippen molar-refractivity contribution in [3.63, 3.8) is 0 Å². The standard InChI is InChI=1S/C16H12N3.C11H9N.Ir/c1-12-17-10-9-16(19-12)14-7-8-15(18-11-14)13-5-3-2-4-6-13;1-2-6-10(7-3-1)11-8-4-5-9-12-11;/h2-5,7-11H,1H3;1-6,8-9,11H;/q-1;-2;+3. The first-order valence-corrected chi connectivity index (χ1v) is 10.0. The van der Waals surface area contributed by atoms with Crippen molar-refractivity contribution in [2.75, 3.05) is 0 Å². The van der Waals surface area contributed by atoms with Crippen LogP contribution in [0.1, 0.15) is 17.4 Å². The molecule has 1 aliphatic rings. The van der Waals surface area contributed by atoms with Crippen LogP contribution in [-0.2, 0) is 20.1 Å². The van der Waals surface area contributed by atoms with Crippen LogP contribution in [0.25, 0.3) is 27.8 Å². The van der Waals surface area contributed by atoms with Gasteiger partial charge in [-0.3, -0.25) is 0 Å². The molecule has 0 aliphatic carbocycles. The number of aromatic nitrogens is 3. The van der Waals surface area contributed by atoms with Crippen molar-refractivity contribution in [3.05, 3.63) is 132 Å². The van der Waals surface area contributed by atoms with Gasteiger partial charge < -0.3 is 10.3 Å². The van der Waals surface area contributed by atoms with Gasteiger partial charge in [0, 0.05) is 18.0 Å². The van der Waals surface area contributed by atoms with Gasteiger partial charge in [0.1, 0.15) is 5.82 Å². The fraction of sp³-hybridized carbons (Fsp3) is 0.0741. The van der Waals surface area contributed by atoms with Crippen LogP contribution in [0, 0.1) is 19.1 Å². The van der Waals surface area contributed by atoms with E-state index in [0.717, 1.165) is 33.9 Å².